The summed E-state index contributed by atoms with van der Waals surface area (Å²) < 4.78 is 68.7. The van der Waals surface area contributed by atoms with E-state index in [1.807, 2.05) is 0 Å². The van der Waals surface area contributed by atoms with Gasteiger partial charge in [0, 0.05) is 25.7 Å². The molecule has 101 heavy (non-hydrogen) atoms. The van der Waals surface area contributed by atoms with Crippen LogP contribution in [0.4, 0.5) is 0 Å². The molecule has 0 spiro atoms. The van der Waals surface area contributed by atoms with Crippen LogP contribution in [-0.4, -0.2) is 96.7 Å². The first-order chi connectivity index (χ1) is 48.6. The van der Waals surface area contributed by atoms with E-state index in [-0.39, 0.29) is 25.7 Å². The van der Waals surface area contributed by atoms with Gasteiger partial charge < -0.3 is 33.8 Å². The molecule has 0 fully saturated rings. The first-order valence-electron chi connectivity index (χ1n) is 42.2. The molecule has 0 aromatic rings. The van der Waals surface area contributed by atoms with Crippen LogP contribution in [0.3, 0.4) is 0 Å². The Hall–Kier alpha value is -1.94. The highest BCUT2D eigenvalue weighted by Crippen LogP contribution is 2.45. The summed E-state index contributed by atoms with van der Waals surface area (Å²) in [4.78, 5) is 73.0. The minimum Gasteiger partial charge on any atom is -0.462 e. The molecular formula is C82H160O17P2. The molecule has 17 nitrogen and oxygen atoms in total. The lowest BCUT2D eigenvalue weighted by molar-refractivity contribution is -0.161. The van der Waals surface area contributed by atoms with Gasteiger partial charge in [-0.3, -0.25) is 37.3 Å². The van der Waals surface area contributed by atoms with Crippen molar-refractivity contribution < 1.29 is 80.2 Å². The third kappa shape index (κ3) is 76.1. The quantitative estimate of drug-likeness (QED) is 0.0222. The van der Waals surface area contributed by atoms with Gasteiger partial charge in [-0.15, -0.1) is 0 Å². The predicted molar refractivity (Wildman–Crippen MR) is 414 cm³/mol. The monoisotopic (exact) mass is 1480 g/mol. The van der Waals surface area contributed by atoms with Crippen LogP contribution in [0.15, 0.2) is 0 Å². The van der Waals surface area contributed by atoms with E-state index in [4.69, 9.17) is 37.0 Å². The van der Waals surface area contributed by atoms with Gasteiger partial charge in [0.1, 0.15) is 19.3 Å². The van der Waals surface area contributed by atoms with Gasteiger partial charge in [-0.25, -0.2) is 9.13 Å². The topological polar surface area (TPSA) is 237 Å². The third-order valence-corrected chi connectivity index (χ3v) is 21.0. The lowest BCUT2D eigenvalue weighted by atomic mass is 10.0. The fourth-order valence-electron chi connectivity index (χ4n) is 12.6. The number of aliphatic hydroxyl groups excluding tert-OH is 1. The molecule has 3 N–H and O–H groups in total. The van der Waals surface area contributed by atoms with Crippen LogP contribution in [0, 0.1) is 23.7 Å². The Morgan fingerprint density at radius 2 is 0.416 bits per heavy atom. The van der Waals surface area contributed by atoms with E-state index in [1.165, 1.54) is 218 Å². The van der Waals surface area contributed by atoms with Crippen molar-refractivity contribution in [3.63, 3.8) is 0 Å². The van der Waals surface area contributed by atoms with Crippen LogP contribution in [0.25, 0.3) is 0 Å². The van der Waals surface area contributed by atoms with Gasteiger partial charge in [0.25, 0.3) is 0 Å². The molecule has 0 saturated heterocycles. The van der Waals surface area contributed by atoms with Crippen molar-refractivity contribution in [2.75, 3.05) is 39.6 Å². The molecule has 5 atom stereocenters. The zero-order valence-corrected chi connectivity index (χ0v) is 68.3. The number of rotatable bonds is 79. The Kier molecular flexibility index (Phi) is 69.6. The number of ether oxygens (including phenoxy) is 4. The summed E-state index contributed by atoms with van der Waals surface area (Å²) in [6.45, 7) is 14.2. The SMILES string of the molecule is CC(C)CCCCCCCCCCCCCCCCCCCCC(=O)OC[C@H](COP(=O)(O)OCC(O)COP(=O)(O)OC[C@@H](COC(=O)CCCCCCCCCC(C)C)OC(=O)CCCCCCCCCCCCCCCC(C)C)OC(=O)CCCCCCCCCCCCCC(C)C. The number of phosphoric acid groups is 2. The maximum Gasteiger partial charge on any atom is 0.472 e. The molecule has 600 valence electrons. The highest BCUT2D eigenvalue weighted by atomic mass is 31.2. The number of carbonyl (C=O) groups excluding carboxylic acids is 4. The van der Waals surface area contributed by atoms with Crippen molar-refractivity contribution in [3.8, 4) is 0 Å². The van der Waals surface area contributed by atoms with Gasteiger partial charge in [-0.1, -0.05) is 370 Å². The van der Waals surface area contributed by atoms with Crippen molar-refractivity contribution in [1.29, 1.82) is 0 Å². The van der Waals surface area contributed by atoms with Gasteiger partial charge in [0.05, 0.1) is 26.4 Å². The van der Waals surface area contributed by atoms with Crippen LogP contribution < -0.4 is 0 Å². The second-order valence-electron chi connectivity index (χ2n) is 31.4. The summed E-state index contributed by atoms with van der Waals surface area (Å²) in [7, 11) is -9.92. The Balaban J connectivity index is 5.20. The number of phosphoric ester groups is 2. The fourth-order valence-corrected chi connectivity index (χ4v) is 14.2. The van der Waals surface area contributed by atoms with E-state index in [2.05, 4.69) is 55.4 Å². The summed E-state index contributed by atoms with van der Waals surface area (Å²) in [6.07, 6.45) is 58.4. The first kappa shape index (κ1) is 99.1. The van der Waals surface area contributed by atoms with Crippen LogP contribution in [0.5, 0.6) is 0 Å². The highest BCUT2D eigenvalue weighted by Gasteiger charge is 2.30. The summed E-state index contributed by atoms with van der Waals surface area (Å²) in [6, 6.07) is 0. The molecule has 0 amide bonds. The summed E-state index contributed by atoms with van der Waals surface area (Å²) in [5.41, 5.74) is 0. The molecule has 0 radical (unpaired) electrons. The van der Waals surface area contributed by atoms with Crippen molar-refractivity contribution in [2.45, 2.75) is 440 Å². The first-order valence-corrected chi connectivity index (χ1v) is 45.2. The number of carbonyl (C=O) groups is 4. The smallest absolute Gasteiger partial charge is 0.462 e. The molecule has 0 saturated carbocycles. The molecule has 19 heteroatoms. The van der Waals surface area contributed by atoms with E-state index in [9.17, 15) is 43.2 Å². The molecule has 0 aliphatic carbocycles. The lowest BCUT2D eigenvalue weighted by Gasteiger charge is -2.21. The Labute approximate surface area is 619 Å². The number of hydrogen-bond donors (Lipinski definition) is 3. The van der Waals surface area contributed by atoms with Crippen LogP contribution in [0.2, 0.25) is 0 Å². The average molecular weight is 1480 g/mol. The maximum absolute atomic E-state index is 13.1. The van der Waals surface area contributed by atoms with Crippen LogP contribution in [0.1, 0.15) is 421 Å². The molecule has 0 rings (SSSR count). The molecule has 0 bridgehead atoms. The number of unbranched alkanes of at least 4 members (excludes halogenated alkanes) is 45. The van der Waals surface area contributed by atoms with Crippen LogP contribution >= 0.6 is 15.6 Å². The molecule has 0 aromatic heterocycles. The molecular weight excluding hydrogens is 1320 g/mol. The van der Waals surface area contributed by atoms with E-state index < -0.39 is 97.5 Å². The minimum atomic E-state index is -4.96. The molecule has 3 unspecified atom stereocenters. The Morgan fingerprint density at radius 1 is 0.248 bits per heavy atom. The Morgan fingerprint density at radius 3 is 0.614 bits per heavy atom. The van der Waals surface area contributed by atoms with Crippen LogP contribution in [-0.2, 0) is 65.4 Å². The molecule has 0 aliphatic rings. The standard InChI is InChI=1S/C82H160O17P2/c1-72(2)58-50-42-34-27-21-16-13-11-9-10-12-14-18-24-30-38-46-54-62-79(84)92-68-77(98-82(87)65-57-49-40-32-26-20-23-29-36-44-52-60-74(5)6)70-96-100(88,89)94-66-76(83)67-95-101(90,91)97-71-78(69-93-80(85)63-55-47-41-33-37-45-53-61-75(7)8)99-81(86)64-56-48-39-31-25-19-15-17-22-28-35-43-51-59-73(3)4/h72-78,83H,9-71H2,1-8H3,(H,88,89)(H,90,91)/t76?,77-,78-/m1/s1. The second-order valence-corrected chi connectivity index (χ2v) is 34.3. The average Bonchev–Trinajstić information content (AvgIpc) is 0.916. The van der Waals surface area contributed by atoms with E-state index in [0.29, 0.717) is 31.6 Å². The van der Waals surface area contributed by atoms with E-state index in [0.717, 1.165) is 114 Å². The molecule has 0 aromatic carbocycles. The fraction of sp³-hybridized carbons (Fsp3) is 0.951. The van der Waals surface area contributed by atoms with Crippen molar-refractivity contribution >= 4 is 39.5 Å². The maximum atomic E-state index is 13.1. The van der Waals surface area contributed by atoms with E-state index >= 15 is 0 Å². The summed E-state index contributed by atoms with van der Waals surface area (Å²) >= 11 is 0. The number of esters is 4. The normalized spacial score (nSPS) is 14.0. The molecule has 0 aliphatic heterocycles. The van der Waals surface area contributed by atoms with Gasteiger partial charge in [-0.05, 0) is 49.4 Å². The lowest BCUT2D eigenvalue weighted by Crippen LogP contribution is -2.30. The largest absolute Gasteiger partial charge is 0.472 e. The van der Waals surface area contributed by atoms with Gasteiger partial charge in [0.2, 0.25) is 0 Å². The predicted octanol–water partition coefficient (Wildman–Crippen LogP) is 24.4. The van der Waals surface area contributed by atoms with Gasteiger partial charge in [0.15, 0.2) is 12.2 Å². The molecule has 0 heterocycles. The Bertz CT molecular complexity index is 1970. The number of aliphatic hydroxyl groups is 1. The van der Waals surface area contributed by atoms with Crippen molar-refractivity contribution in [3.05, 3.63) is 0 Å². The van der Waals surface area contributed by atoms with E-state index in [1.54, 1.807) is 0 Å². The van der Waals surface area contributed by atoms with Gasteiger partial charge >= 0.3 is 39.5 Å². The zero-order valence-electron chi connectivity index (χ0n) is 66.5. The number of hydrogen-bond acceptors (Lipinski definition) is 15. The summed E-state index contributed by atoms with van der Waals surface area (Å²) in [5.74, 6) is 0.966. The van der Waals surface area contributed by atoms with Gasteiger partial charge in [-0.2, -0.15) is 0 Å². The zero-order chi connectivity index (χ0) is 74.6. The second kappa shape index (κ2) is 71.0. The van der Waals surface area contributed by atoms with Crippen molar-refractivity contribution in [2.24, 2.45) is 23.7 Å². The third-order valence-electron chi connectivity index (χ3n) is 19.1. The summed E-state index contributed by atoms with van der Waals surface area (Å²) in [5, 5.41) is 10.6. The highest BCUT2D eigenvalue weighted by molar-refractivity contribution is 7.47. The minimum absolute atomic E-state index is 0.106. The van der Waals surface area contributed by atoms with Crippen molar-refractivity contribution in [1.82, 2.24) is 0 Å².